The predicted octanol–water partition coefficient (Wildman–Crippen LogP) is 4.63. The minimum atomic E-state index is -0.682. The fourth-order valence-corrected chi connectivity index (χ4v) is 2.58. The number of furan rings is 1. The lowest BCUT2D eigenvalue weighted by Crippen LogP contribution is -2.33. The second kappa shape index (κ2) is 8.49. The summed E-state index contributed by atoms with van der Waals surface area (Å²) in [6, 6.07) is 21.1. The number of benzene rings is 2. The number of nitrogens with one attached hydrogen (secondary N) is 1. The number of ether oxygens (including phenoxy) is 1. The highest BCUT2D eigenvalue weighted by atomic mass is 79.9. The highest BCUT2D eigenvalue weighted by molar-refractivity contribution is 9.10. The number of carbonyl (C=O) groups is 1. The van der Waals surface area contributed by atoms with Crippen molar-refractivity contribution in [1.29, 1.82) is 0 Å². The Morgan fingerprint density at radius 2 is 1.77 bits per heavy atom. The second-order valence-electron chi connectivity index (χ2n) is 5.53. The molecule has 0 saturated carbocycles. The zero-order valence-corrected chi connectivity index (χ0v) is 15.6. The van der Waals surface area contributed by atoms with Gasteiger partial charge in [0.1, 0.15) is 11.5 Å². The third-order valence-electron chi connectivity index (χ3n) is 3.60. The molecule has 1 amide bonds. The summed E-state index contributed by atoms with van der Waals surface area (Å²) in [5, 5.41) is 3.85. The molecule has 0 radical (unpaired) electrons. The van der Waals surface area contributed by atoms with E-state index in [2.05, 4.69) is 26.5 Å². The van der Waals surface area contributed by atoms with Gasteiger partial charge in [-0.25, -0.2) is 5.43 Å². The number of hydrazone groups is 1. The van der Waals surface area contributed by atoms with Crippen molar-refractivity contribution in [2.45, 2.75) is 13.0 Å². The van der Waals surface area contributed by atoms with E-state index in [9.17, 15) is 4.79 Å². The molecule has 6 heteroatoms. The lowest BCUT2D eigenvalue weighted by Gasteiger charge is -2.13. The van der Waals surface area contributed by atoms with Crippen molar-refractivity contribution < 1.29 is 13.9 Å². The quantitative estimate of drug-likeness (QED) is 0.474. The van der Waals surface area contributed by atoms with E-state index in [1.165, 1.54) is 6.21 Å². The van der Waals surface area contributed by atoms with Crippen molar-refractivity contribution in [2.75, 3.05) is 0 Å². The Hall–Kier alpha value is -2.86. The van der Waals surface area contributed by atoms with Crippen molar-refractivity contribution in [3.8, 4) is 16.9 Å². The van der Waals surface area contributed by atoms with E-state index in [0.717, 1.165) is 11.1 Å². The molecule has 1 heterocycles. The van der Waals surface area contributed by atoms with Crippen LogP contribution in [0.15, 0.2) is 80.9 Å². The van der Waals surface area contributed by atoms with Crippen LogP contribution in [0.2, 0.25) is 0 Å². The molecular weight excluding hydrogens is 396 g/mol. The summed E-state index contributed by atoms with van der Waals surface area (Å²) < 4.78 is 11.5. The molecule has 1 aromatic heterocycles. The van der Waals surface area contributed by atoms with Crippen molar-refractivity contribution in [2.24, 2.45) is 5.10 Å². The van der Waals surface area contributed by atoms with E-state index in [4.69, 9.17) is 9.15 Å². The third kappa shape index (κ3) is 4.83. The molecule has 1 atom stereocenters. The predicted molar refractivity (Wildman–Crippen MR) is 104 cm³/mol. The first-order valence-corrected chi connectivity index (χ1v) is 8.81. The van der Waals surface area contributed by atoms with Crippen molar-refractivity contribution in [3.63, 3.8) is 0 Å². The van der Waals surface area contributed by atoms with Crippen LogP contribution in [0.1, 0.15) is 12.7 Å². The monoisotopic (exact) mass is 412 g/mol. The molecule has 0 aliphatic carbocycles. The number of rotatable bonds is 6. The largest absolute Gasteiger partial charge is 0.481 e. The molecule has 132 valence electrons. The number of carbonyl (C=O) groups excluding carboxylic acids is 1. The maximum atomic E-state index is 12.0. The van der Waals surface area contributed by atoms with E-state index in [0.29, 0.717) is 16.2 Å². The third-order valence-corrected chi connectivity index (χ3v) is 4.03. The minimum absolute atomic E-state index is 0.348. The smallest absolute Gasteiger partial charge is 0.280 e. The van der Waals surface area contributed by atoms with E-state index in [1.807, 2.05) is 54.6 Å². The fourth-order valence-electron chi connectivity index (χ4n) is 2.26. The van der Waals surface area contributed by atoms with Gasteiger partial charge >= 0.3 is 0 Å². The van der Waals surface area contributed by atoms with Crippen LogP contribution in [-0.4, -0.2) is 18.2 Å². The number of nitrogens with zero attached hydrogens (tertiary/aromatic N) is 1. The number of hydrogen-bond acceptors (Lipinski definition) is 4. The first-order chi connectivity index (χ1) is 12.6. The van der Waals surface area contributed by atoms with Gasteiger partial charge in [-0.3, -0.25) is 4.79 Å². The molecule has 0 aliphatic heterocycles. The second-order valence-corrected chi connectivity index (χ2v) is 6.31. The van der Waals surface area contributed by atoms with Gasteiger partial charge in [-0.05, 0) is 58.2 Å². The molecule has 0 fully saturated rings. The fraction of sp³-hybridized carbons (Fsp3) is 0.100. The van der Waals surface area contributed by atoms with Gasteiger partial charge < -0.3 is 9.15 Å². The van der Waals surface area contributed by atoms with E-state index >= 15 is 0 Å². The highest BCUT2D eigenvalue weighted by Gasteiger charge is 2.14. The summed E-state index contributed by atoms with van der Waals surface area (Å²) in [5.74, 6) is 0.799. The molecule has 5 nitrogen and oxygen atoms in total. The van der Waals surface area contributed by atoms with Gasteiger partial charge in [0.05, 0.1) is 6.21 Å². The van der Waals surface area contributed by atoms with Crippen LogP contribution in [0.5, 0.6) is 5.75 Å². The van der Waals surface area contributed by atoms with Gasteiger partial charge in [0, 0.05) is 0 Å². The normalized spacial score (nSPS) is 12.1. The first kappa shape index (κ1) is 17.9. The zero-order valence-electron chi connectivity index (χ0n) is 14.1. The number of amides is 1. The molecule has 26 heavy (non-hydrogen) atoms. The highest BCUT2D eigenvalue weighted by Crippen LogP contribution is 2.22. The van der Waals surface area contributed by atoms with Gasteiger partial charge in [0.15, 0.2) is 10.8 Å². The molecule has 0 saturated heterocycles. The van der Waals surface area contributed by atoms with Crippen LogP contribution in [0, 0.1) is 0 Å². The van der Waals surface area contributed by atoms with Crippen LogP contribution < -0.4 is 10.2 Å². The minimum Gasteiger partial charge on any atom is -0.481 e. The van der Waals surface area contributed by atoms with Gasteiger partial charge in [-0.2, -0.15) is 5.10 Å². The Bertz CT molecular complexity index is 889. The zero-order chi connectivity index (χ0) is 18.4. The molecular formula is C20H17BrN2O3. The van der Waals surface area contributed by atoms with E-state index in [1.54, 1.807) is 19.1 Å². The van der Waals surface area contributed by atoms with Gasteiger partial charge in [0.25, 0.3) is 5.91 Å². The lowest BCUT2D eigenvalue weighted by molar-refractivity contribution is -0.127. The number of hydrogen-bond donors (Lipinski definition) is 1. The average molecular weight is 413 g/mol. The number of halogens is 1. The Morgan fingerprint density at radius 3 is 2.42 bits per heavy atom. The lowest BCUT2D eigenvalue weighted by atomic mass is 10.1. The molecule has 0 spiro atoms. The molecule has 3 aromatic rings. The van der Waals surface area contributed by atoms with Gasteiger partial charge in [0.2, 0.25) is 0 Å². The SMILES string of the molecule is C[C@@H](Oc1ccc(-c2ccccc2)cc1)C(=O)NN=Cc1ccc(Br)o1. The van der Waals surface area contributed by atoms with Crippen LogP contribution in [0.25, 0.3) is 11.1 Å². The van der Waals surface area contributed by atoms with Gasteiger partial charge in [-0.1, -0.05) is 42.5 Å². The van der Waals surface area contributed by atoms with Crippen molar-refractivity contribution in [3.05, 3.63) is 77.2 Å². The Labute approximate surface area is 159 Å². The Kier molecular flexibility index (Phi) is 5.86. The van der Waals surface area contributed by atoms with Crippen molar-refractivity contribution in [1.82, 2.24) is 5.43 Å². The summed E-state index contributed by atoms with van der Waals surface area (Å²) in [5.41, 5.74) is 4.64. The average Bonchev–Trinajstić information content (AvgIpc) is 3.08. The summed E-state index contributed by atoms with van der Waals surface area (Å²) in [7, 11) is 0. The first-order valence-electron chi connectivity index (χ1n) is 8.02. The molecule has 3 rings (SSSR count). The summed E-state index contributed by atoms with van der Waals surface area (Å²) >= 11 is 3.20. The van der Waals surface area contributed by atoms with E-state index < -0.39 is 6.10 Å². The van der Waals surface area contributed by atoms with Crippen LogP contribution in [0.4, 0.5) is 0 Å². The molecule has 1 N–H and O–H groups in total. The van der Waals surface area contributed by atoms with Crippen molar-refractivity contribution >= 4 is 28.1 Å². The van der Waals surface area contributed by atoms with Crippen LogP contribution >= 0.6 is 15.9 Å². The summed E-state index contributed by atoms with van der Waals surface area (Å²) in [4.78, 5) is 12.0. The molecule has 0 bridgehead atoms. The maximum absolute atomic E-state index is 12.0. The topological polar surface area (TPSA) is 63.8 Å². The van der Waals surface area contributed by atoms with Crippen LogP contribution in [-0.2, 0) is 4.79 Å². The summed E-state index contributed by atoms with van der Waals surface area (Å²) in [6.07, 6.45) is 0.738. The molecule has 0 unspecified atom stereocenters. The standard InChI is InChI=1S/C20H17BrN2O3/c1-14(20(24)23-22-13-18-11-12-19(21)26-18)25-17-9-7-16(8-10-17)15-5-3-2-4-6-15/h2-14H,1H3,(H,23,24)/t14-/m1/s1. The Morgan fingerprint density at radius 1 is 1.08 bits per heavy atom. The summed E-state index contributed by atoms with van der Waals surface area (Å²) in [6.45, 7) is 1.67. The molecule has 0 aliphatic rings. The van der Waals surface area contributed by atoms with Gasteiger partial charge in [-0.15, -0.1) is 0 Å². The van der Waals surface area contributed by atoms with E-state index in [-0.39, 0.29) is 5.91 Å². The molecule has 2 aromatic carbocycles. The Balaban J connectivity index is 1.54. The van der Waals surface area contributed by atoms with Crippen LogP contribution in [0.3, 0.4) is 0 Å². The maximum Gasteiger partial charge on any atom is 0.280 e.